The number of hydrogen-bond donors (Lipinski definition) is 0. The lowest BCUT2D eigenvalue weighted by Crippen LogP contribution is -2.28. The van der Waals surface area contributed by atoms with Crippen molar-refractivity contribution in [3.05, 3.63) is 204 Å². The van der Waals surface area contributed by atoms with Crippen LogP contribution in [0, 0.1) is 27.7 Å². The van der Waals surface area contributed by atoms with Crippen LogP contribution in [0.2, 0.25) is 0 Å². The van der Waals surface area contributed by atoms with E-state index < -0.39 is 6.98 Å². The molecule has 0 fully saturated rings. The van der Waals surface area contributed by atoms with E-state index in [0.717, 1.165) is 86.3 Å². The van der Waals surface area contributed by atoms with Crippen molar-refractivity contribution < 1.29 is 13.6 Å². The van der Waals surface area contributed by atoms with Crippen molar-refractivity contribution in [3.8, 4) is 23.0 Å². The second-order valence-electron chi connectivity index (χ2n) is 24.3. The second-order valence-corrected chi connectivity index (χ2v) is 24.3. The van der Waals surface area contributed by atoms with E-state index in [1.165, 1.54) is 44.1 Å². The van der Waals surface area contributed by atoms with Crippen LogP contribution in [0.1, 0.15) is 79.0 Å². The molecule has 82 heavy (non-hydrogen) atoms. The highest BCUT2D eigenvalue weighted by Gasteiger charge is 2.36. The van der Waals surface area contributed by atoms with Crippen LogP contribution in [0.25, 0.3) is 0 Å². The third-order valence-corrected chi connectivity index (χ3v) is 16.9. The molecule has 2 aromatic heterocycles. The zero-order valence-electron chi connectivity index (χ0n) is 51.8. The van der Waals surface area contributed by atoms with E-state index in [9.17, 15) is 0 Å². The normalized spacial score (nSPS) is 15.4. The zero-order valence-corrected chi connectivity index (χ0v) is 48.8. The van der Waals surface area contributed by atoms with Crippen molar-refractivity contribution >= 4 is 79.6 Å². The summed E-state index contributed by atoms with van der Waals surface area (Å²) in [6, 6.07) is 51.0. The van der Waals surface area contributed by atoms with Gasteiger partial charge in [0.25, 0.3) is 0 Å². The summed E-state index contributed by atoms with van der Waals surface area (Å²) in [5.41, 5.74) is 21.4. The molecule has 0 atom stereocenters. The molecular weight excluding hydrogens is 1010 g/mol. The predicted molar refractivity (Wildman–Crippen MR) is 339 cm³/mol. The Morgan fingerprint density at radius 1 is 0.378 bits per heavy atom. The summed E-state index contributed by atoms with van der Waals surface area (Å²) in [5, 5.41) is 0. The van der Waals surface area contributed by atoms with Gasteiger partial charge in [0.05, 0.1) is 71.2 Å². The first-order valence-electron chi connectivity index (χ1n) is 29.8. The molecular formula is C70H72N10O2. The number of aromatic nitrogens is 2. The van der Waals surface area contributed by atoms with Crippen molar-refractivity contribution in [2.24, 2.45) is 0 Å². The van der Waals surface area contributed by atoms with Gasteiger partial charge in [-0.15, -0.1) is 0 Å². The highest BCUT2D eigenvalue weighted by molar-refractivity contribution is 5.94. The quantitative estimate of drug-likeness (QED) is 0.131. The Morgan fingerprint density at radius 2 is 0.744 bits per heavy atom. The maximum atomic E-state index is 8.31. The van der Waals surface area contributed by atoms with Crippen LogP contribution in [0.5, 0.6) is 23.0 Å². The lowest BCUT2D eigenvalue weighted by Gasteiger charge is -2.32. The van der Waals surface area contributed by atoms with Gasteiger partial charge in [0, 0.05) is 88.9 Å². The first-order valence-corrected chi connectivity index (χ1v) is 28.3. The predicted octanol–water partition coefficient (Wildman–Crippen LogP) is 17.5. The molecule has 4 aliphatic rings. The van der Waals surface area contributed by atoms with Gasteiger partial charge in [-0.2, -0.15) is 0 Å². The Labute approximate surface area is 487 Å². The molecule has 0 N–H and O–H groups in total. The Morgan fingerprint density at radius 3 is 1.16 bits per heavy atom. The fourth-order valence-electron chi connectivity index (χ4n) is 12.3. The van der Waals surface area contributed by atoms with Gasteiger partial charge in [-0.25, -0.2) is 0 Å². The Balaban J connectivity index is 0.781. The van der Waals surface area contributed by atoms with Crippen LogP contribution in [-0.2, 0) is 10.8 Å². The maximum absolute atomic E-state index is 8.31. The van der Waals surface area contributed by atoms with Crippen molar-refractivity contribution in [2.75, 3.05) is 79.9 Å². The van der Waals surface area contributed by atoms with Crippen LogP contribution in [0.3, 0.4) is 0 Å². The lowest BCUT2D eigenvalue weighted by molar-refractivity contribution is 0.478. The molecule has 7 aromatic carbocycles. The first-order chi connectivity index (χ1) is 40.6. The summed E-state index contributed by atoms with van der Waals surface area (Å²) >= 11 is 0. The fourth-order valence-corrected chi connectivity index (χ4v) is 12.3. The number of rotatable bonds is 10. The standard InChI is InChI=1S/C70H72N10O2/c1-45-46(2)68(80-44-78(60-24-14-16-26-62(60)80)52-20-18-22-56(36-52)82-58-34-50(70(8,9)10)32-54(38-58)76-42-74(12)66-40-72-30-28-64(66)76)48(4)47(3)67(45)79-43-77(59-23-13-15-25-61(59)79)51-19-17-21-55(35-51)81-57-33-49(69(5,6)7)31-53(37-57)75-41-73(11)65-39-71-29-27-63(65)75/h13-40H,41-44H2,1-12H3/i11D3. The summed E-state index contributed by atoms with van der Waals surface area (Å²) in [6.45, 7) is 22.1. The summed E-state index contributed by atoms with van der Waals surface area (Å²) in [7, 11) is 2.11. The molecule has 13 rings (SSSR count). The van der Waals surface area contributed by atoms with Crippen LogP contribution in [0.4, 0.5) is 79.6 Å². The SMILES string of the molecule is [2H]C([2H])([2H])N1CN(c2cc(Oc3cccc(N4CN(c5c(C)c(C)c(N6CN(c7cccc(Oc8cc(N9CN(C)c%10cnccc%109)cc(C(C)(C)C)c8)c7)c7ccccc76)c(C)c5C)c5ccccc54)c3)cc(C(C)(C)C)c2)c2ccncc21. The van der Waals surface area contributed by atoms with Gasteiger partial charge in [0.2, 0.25) is 0 Å². The fraction of sp³-hybridized carbons (Fsp3) is 0.257. The van der Waals surface area contributed by atoms with Crippen LogP contribution in [-0.4, -0.2) is 50.7 Å². The molecule has 0 radical (unpaired) electrons. The van der Waals surface area contributed by atoms with Gasteiger partial charge < -0.3 is 48.7 Å². The van der Waals surface area contributed by atoms with Crippen LogP contribution in [0.15, 0.2) is 170 Å². The van der Waals surface area contributed by atoms with Gasteiger partial charge >= 0.3 is 0 Å². The first kappa shape index (κ1) is 48.7. The molecule has 4 aliphatic heterocycles. The van der Waals surface area contributed by atoms with Gasteiger partial charge in [0.1, 0.15) is 36.3 Å². The molecule has 0 bridgehead atoms. The van der Waals surface area contributed by atoms with Crippen LogP contribution >= 0.6 is 0 Å². The van der Waals surface area contributed by atoms with Gasteiger partial charge in [-0.05, 0) is 157 Å². The third-order valence-electron chi connectivity index (χ3n) is 16.9. The second kappa shape index (κ2) is 19.8. The molecule has 6 heterocycles. The molecule has 0 saturated heterocycles. The maximum Gasteiger partial charge on any atom is 0.129 e. The third kappa shape index (κ3) is 9.10. The number of fused-ring (bicyclic) bond motifs is 4. The highest BCUT2D eigenvalue weighted by Crippen LogP contribution is 2.53. The molecule has 9 aromatic rings. The summed E-state index contributed by atoms with van der Waals surface area (Å²) in [6.07, 6.45) is 7.13. The largest absolute Gasteiger partial charge is 0.457 e. The van der Waals surface area contributed by atoms with E-state index in [2.05, 4.69) is 243 Å². The molecule has 0 aliphatic carbocycles. The molecule has 414 valence electrons. The van der Waals surface area contributed by atoms with E-state index in [1.807, 2.05) is 35.5 Å². The number of para-hydroxylation sites is 4. The zero-order chi connectivity index (χ0) is 59.4. The Hall–Kier alpha value is -9.16. The number of ether oxygens (including phenoxy) is 2. The van der Waals surface area contributed by atoms with Crippen molar-refractivity contribution in [1.82, 2.24) is 9.97 Å². The van der Waals surface area contributed by atoms with E-state index in [-0.39, 0.29) is 17.5 Å². The van der Waals surface area contributed by atoms with Crippen molar-refractivity contribution in [2.45, 2.75) is 80.1 Å². The van der Waals surface area contributed by atoms with Crippen molar-refractivity contribution in [1.29, 1.82) is 0 Å². The molecule has 0 amide bonds. The Bertz CT molecular complexity index is 4070. The molecule has 0 spiro atoms. The number of hydrogen-bond acceptors (Lipinski definition) is 12. The van der Waals surface area contributed by atoms with E-state index in [1.54, 1.807) is 12.4 Å². The lowest BCUT2D eigenvalue weighted by atomic mass is 9.86. The minimum atomic E-state index is -2.34. The van der Waals surface area contributed by atoms with E-state index in [0.29, 0.717) is 30.5 Å². The number of nitrogens with zero attached hydrogens (tertiary/aromatic N) is 10. The minimum absolute atomic E-state index is 0.105. The number of benzene rings is 7. The number of pyridine rings is 2. The van der Waals surface area contributed by atoms with E-state index in [4.69, 9.17) is 13.6 Å². The van der Waals surface area contributed by atoms with Crippen molar-refractivity contribution in [3.63, 3.8) is 0 Å². The number of anilines is 14. The Kier molecular flexibility index (Phi) is 11.8. The topological polar surface area (TPSA) is 70.2 Å². The molecule has 12 heteroatoms. The summed E-state index contributed by atoms with van der Waals surface area (Å²) in [5.74, 6) is 2.92. The van der Waals surface area contributed by atoms with Gasteiger partial charge in [-0.3, -0.25) is 9.97 Å². The van der Waals surface area contributed by atoms with Crippen LogP contribution < -0.4 is 48.7 Å². The molecule has 0 unspecified atom stereocenters. The summed E-state index contributed by atoms with van der Waals surface area (Å²) < 4.78 is 38.7. The average molecular weight is 1090 g/mol. The molecule has 12 nitrogen and oxygen atoms in total. The summed E-state index contributed by atoms with van der Waals surface area (Å²) in [4.78, 5) is 26.4. The van der Waals surface area contributed by atoms with Gasteiger partial charge in [-0.1, -0.05) is 77.9 Å². The monoisotopic (exact) mass is 1090 g/mol. The highest BCUT2D eigenvalue weighted by atomic mass is 16.5. The average Bonchev–Trinajstić information content (AvgIpc) is 3.66. The van der Waals surface area contributed by atoms with Gasteiger partial charge in [0.15, 0.2) is 0 Å². The minimum Gasteiger partial charge on any atom is -0.457 e. The smallest absolute Gasteiger partial charge is 0.129 e. The van der Waals surface area contributed by atoms with E-state index >= 15 is 0 Å². The molecule has 0 saturated carbocycles.